The number of benzene rings is 1. The van der Waals surface area contributed by atoms with Crippen LogP contribution in [0, 0.1) is 0 Å². The van der Waals surface area contributed by atoms with Gasteiger partial charge in [-0.2, -0.15) is 8.78 Å². The van der Waals surface area contributed by atoms with E-state index in [4.69, 9.17) is 11.6 Å². The topological polar surface area (TPSA) is 29.5 Å². The summed E-state index contributed by atoms with van der Waals surface area (Å²) in [5.41, 5.74) is 0.160. The first kappa shape index (κ1) is 15.0. The smallest absolute Gasteiger partial charge is 0.340 e. The molecule has 0 unspecified atom stereocenters. The molecule has 1 atom stereocenters. The standard InChI is InChI=1S/C11H11ClF4O2/c1-6(17)8-4-7(12)2-3-9(8)18-5-11(15,16)10(13)14/h2-4,6,10,17H,5H2,1H3/t6-/m1/s1. The molecule has 1 aromatic rings. The number of aliphatic hydroxyl groups is 1. The van der Waals surface area contributed by atoms with E-state index in [1.807, 2.05) is 0 Å². The van der Waals surface area contributed by atoms with Gasteiger partial charge in [-0.05, 0) is 25.1 Å². The number of alkyl halides is 4. The highest BCUT2D eigenvalue weighted by Crippen LogP contribution is 2.30. The average molecular weight is 287 g/mol. The van der Waals surface area contributed by atoms with Crippen LogP contribution in [0.2, 0.25) is 5.02 Å². The van der Waals surface area contributed by atoms with Crippen molar-refractivity contribution in [1.82, 2.24) is 0 Å². The van der Waals surface area contributed by atoms with Crippen molar-refractivity contribution in [3.05, 3.63) is 28.8 Å². The summed E-state index contributed by atoms with van der Waals surface area (Å²) >= 11 is 5.67. The van der Waals surface area contributed by atoms with E-state index in [1.54, 1.807) is 0 Å². The molecular formula is C11H11ClF4O2. The Morgan fingerprint density at radius 1 is 1.39 bits per heavy atom. The first-order valence-electron chi connectivity index (χ1n) is 5.00. The molecular weight excluding hydrogens is 276 g/mol. The Morgan fingerprint density at radius 2 is 2.00 bits per heavy atom. The van der Waals surface area contributed by atoms with E-state index < -0.39 is 25.1 Å². The van der Waals surface area contributed by atoms with Crippen LogP contribution in [-0.2, 0) is 0 Å². The Kier molecular flexibility index (Phi) is 4.81. The zero-order valence-electron chi connectivity index (χ0n) is 9.34. The van der Waals surface area contributed by atoms with Gasteiger partial charge in [-0.25, -0.2) is 8.78 Å². The molecule has 1 rings (SSSR count). The minimum Gasteiger partial charge on any atom is -0.487 e. The summed E-state index contributed by atoms with van der Waals surface area (Å²) in [7, 11) is 0. The van der Waals surface area contributed by atoms with E-state index in [0.29, 0.717) is 0 Å². The lowest BCUT2D eigenvalue weighted by molar-refractivity contribution is -0.148. The Hall–Kier alpha value is -1.01. The fraction of sp³-hybridized carbons (Fsp3) is 0.455. The third-order valence-electron chi connectivity index (χ3n) is 2.16. The summed E-state index contributed by atoms with van der Waals surface area (Å²) < 4.78 is 53.9. The number of rotatable bonds is 5. The molecule has 0 amide bonds. The van der Waals surface area contributed by atoms with Crippen molar-refractivity contribution >= 4 is 11.6 Å². The minimum atomic E-state index is -4.24. The van der Waals surface area contributed by atoms with E-state index in [9.17, 15) is 22.7 Å². The molecule has 102 valence electrons. The molecule has 7 heteroatoms. The first-order valence-corrected chi connectivity index (χ1v) is 5.38. The molecule has 0 saturated heterocycles. The number of aliphatic hydroxyl groups excluding tert-OH is 1. The number of hydrogen-bond acceptors (Lipinski definition) is 2. The fourth-order valence-corrected chi connectivity index (χ4v) is 1.39. The Bertz CT molecular complexity index is 410. The van der Waals surface area contributed by atoms with Gasteiger partial charge >= 0.3 is 12.3 Å². The molecule has 0 spiro atoms. The molecule has 0 heterocycles. The Balaban J connectivity index is 2.85. The normalized spacial score (nSPS) is 13.8. The summed E-state index contributed by atoms with van der Waals surface area (Å²) in [4.78, 5) is 0. The maximum Gasteiger partial charge on any atom is 0.340 e. The van der Waals surface area contributed by atoms with Crippen molar-refractivity contribution in [2.75, 3.05) is 6.61 Å². The highest BCUT2D eigenvalue weighted by molar-refractivity contribution is 6.30. The highest BCUT2D eigenvalue weighted by atomic mass is 35.5. The van der Waals surface area contributed by atoms with Crippen LogP contribution < -0.4 is 4.74 Å². The second kappa shape index (κ2) is 5.75. The van der Waals surface area contributed by atoms with Crippen LogP contribution >= 0.6 is 11.6 Å². The summed E-state index contributed by atoms with van der Waals surface area (Å²) in [5.74, 6) is -4.34. The third-order valence-corrected chi connectivity index (χ3v) is 2.40. The number of hydrogen-bond donors (Lipinski definition) is 1. The van der Waals surface area contributed by atoms with Crippen molar-refractivity contribution in [3.63, 3.8) is 0 Å². The molecule has 2 nitrogen and oxygen atoms in total. The maximum atomic E-state index is 12.7. The van der Waals surface area contributed by atoms with Crippen LogP contribution in [0.5, 0.6) is 5.75 Å². The lowest BCUT2D eigenvalue weighted by Gasteiger charge is -2.18. The van der Waals surface area contributed by atoms with E-state index in [1.165, 1.54) is 25.1 Å². The molecule has 0 aromatic heterocycles. The quantitative estimate of drug-likeness (QED) is 0.837. The van der Waals surface area contributed by atoms with E-state index in [-0.39, 0.29) is 16.3 Å². The molecule has 0 bridgehead atoms. The molecule has 0 radical (unpaired) electrons. The van der Waals surface area contributed by atoms with Crippen LogP contribution in [0.15, 0.2) is 18.2 Å². The maximum absolute atomic E-state index is 12.7. The summed E-state index contributed by atoms with van der Waals surface area (Å²) in [6.07, 6.45) is -4.82. The molecule has 0 aliphatic heterocycles. The van der Waals surface area contributed by atoms with Gasteiger partial charge in [0.05, 0.1) is 6.10 Å². The monoisotopic (exact) mass is 286 g/mol. The first-order chi connectivity index (χ1) is 8.24. The second-order valence-electron chi connectivity index (χ2n) is 3.71. The van der Waals surface area contributed by atoms with Crippen LogP contribution in [0.3, 0.4) is 0 Å². The van der Waals surface area contributed by atoms with Gasteiger partial charge in [0.15, 0.2) is 6.61 Å². The lowest BCUT2D eigenvalue weighted by Crippen LogP contribution is -2.33. The molecule has 1 aromatic carbocycles. The van der Waals surface area contributed by atoms with Crippen LogP contribution in [0.1, 0.15) is 18.6 Å². The van der Waals surface area contributed by atoms with Gasteiger partial charge in [0.1, 0.15) is 5.75 Å². The Morgan fingerprint density at radius 3 is 2.50 bits per heavy atom. The van der Waals surface area contributed by atoms with Crippen molar-refractivity contribution in [1.29, 1.82) is 0 Å². The van der Waals surface area contributed by atoms with E-state index in [2.05, 4.69) is 4.74 Å². The van der Waals surface area contributed by atoms with Gasteiger partial charge in [-0.1, -0.05) is 11.6 Å². The fourth-order valence-electron chi connectivity index (χ4n) is 1.21. The lowest BCUT2D eigenvalue weighted by atomic mass is 10.1. The predicted octanol–water partition coefficient (Wildman–Crippen LogP) is 3.67. The zero-order valence-corrected chi connectivity index (χ0v) is 10.1. The Labute approximate surface area is 106 Å². The zero-order chi connectivity index (χ0) is 13.9. The summed E-state index contributed by atoms with van der Waals surface area (Å²) in [5, 5.41) is 9.67. The van der Waals surface area contributed by atoms with Crippen LogP contribution in [-0.4, -0.2) is 24.1 Å². The van der Waals surface area contributed by atoms with Gasteiger partial charge in [0.2, 0.25) is 0 Å². The summed E-state index contributed by atoms with van der Waals surface area (Å²) in [6, 6.07) is 3.91. The highest BCUT2D eigenvalue weighted by Gasteiger charge is 2.41. The van der Waals surface area contributed by atoms with Crippen LogP contribution in [0.25, 0.3) is 0 Å². The van der Waals surface area contributed by atoms with E-state index in [0.717, 1.165) is 0 Å². The van der Waals surface area contributed by atoms with Crippen molar-refractivity contribution in [2.24, 2.45) is 0 Å². The van der Waals surface area contributed by atoms with Gasteiger partial charge in [-0.15, -0.1) is 0 Å². The second-order valence-corrected chi connectivity index (χ2v) is 4.14. The molecule has 0 aliphatic rings. The molecule has 0 aliphatic carbocycles. The van der Waals surface area contributed by atoms with Gasteiger partial charge in [0.25, 0.3) is 0 Å². The summed E-state index contributed by atoms with van der Waals surface area (Å²) in [6.45, 7) is -0.0875. The number of ether oxygens (including phenoxy) is 1. The molecule has 1 N–H and O–H groups in total. The van der Waals surface area contributed by atoms with Crippen molar-refractivity contribution < 1.29 is 27.4 Å². The van der Waals surface area contributed by atoms with Crippen molar-refractivity contribution in [3.8, 4) is 5.75 Å². The van der Waals surface area contributed by atoms with Crippen LogP contribution in [0.4, 0.5) is 17.6 Å². The third kappa shape index (κ3) is 3.74. The predicted molar refractivity (Wildman–Crippen MR) is 58.5 cm³/mol. The number of halogens is 5. The average Bonchev–Trinajstić information content (AvgIpc) is 2.27. The van der Waals surface area contributed by atoms with E-state index >= 15 is 0 Å². The minimum absolute atomic E-state index is 0.102. The largest absolute Gasteiger partial charge is 0.487 e. The van der Waals surface area contributed by atoms with Gasteiger partial charge < -0.3 is 9.84 Å². The molecule has 18 heavy (non-hydrogen) atoms. The molecule has 0 saturated carbocycles. The van der Waals surface area contributed by atoms with Gasteiger partial charge in [-0.3, -0.25) is 0 Å². The van der Waals surface area contributed by atoms with Gasteiger partial charge in [0, 0.05) is 10.6 Å². The van der Waals surface area contributed by atoms with Crippen molar-refractivity contribution in [2.45, 2.75) is 25.4 Å². The molecule has 0 fully saturated rings. The SMILES string of the molecule is C[C@@H](O)c1cc(Cl)ccc1OCC(F)(F)C(F)F.